The number of amides is 1. The van der Waals surface area contributed by atoms with Crippen LogP contribution in [0.2, 0.25) is 0 Å². The first-order valence-electron chi connectivity index (χ1n) is 9.32. The number of benzene rings is 1. The Labute approximate surface area is 167 Å². The Kier molecular flexibility index (Phi) is 5.62. The van der Waals surface area contributed by atoms with Crippen LogP contribution in [0.4, 0.5) is 10.1 Å². The second-order valence-electron chi connectivity index (χ2n) is 6.71. The quantitative estimate of drug-likeness (QED) is 0.661. The van der Waals surface area contributed by atoms with Gasteiger partial charge in [-0.1, -0.05) is 0 Å². The number of hydrogen-bond donors (Lipinski definition) is 0. The van der Waals surface area contributed by atoms with Crippen molar-refractivity contribution < 1.29 is 9.18 Å². The molecule has 0 unspecified atom stereocenters. The summed E-state index contributed by atoms with van der Waals surface area (Å²) in [7, 11) is 0. The fourth-order valence-electron chi connectivity index (χ4n) is 3.32. The van der Waals surface area contributed by atoms with Gasteiger partial charge < -0.3 is 9.80 Å². The van der Waals surface area contributed by atoms with Crippen LogP contribution in [0.25, 0.3) is 11.3 Å². The predicted molar refractivity (Wildman–Crippen MR) is 109 cm³/mol. The van der Waals surface area contributed by atoms with Crippen molar-refractivity contribution in [1.29, 1.82) is 0 Å². The van der Waals surface area contributed by atoms with Crippen molar-refractivity contribution in [2.45, 2.75) is 12.8 Å². The molecule has 1 aliphatic heterocycles. The molecule has 0 aliphatic carbocycles. The molecule has 1 saturated heterocycles. The van der Waals surface area contributed by atoms with Crippen molar-refractivity contribution in [2.75, 3.05) is 31.1 Å². The van der Waals surface area contributed by atoms with Crippen LogP contribution in [-0.2, 0) is 11.2 Å². The normalized spacial score (nSPS) is 14.3. The Balaban J connectivity index is 1.27. The van der Waals surface area contributed by atoms with Gasteiger partial charge in [0.15, 0.2) is 0 Å². The minimum absolute atomic E-state index is 0.166. The monoisotopic (exact) mass is 396 g/mol. The van der Waals surface area contributed by atoms with Crippen molar-refractivity contribution >= 4 is 22.9 Å². The van der Waals surface area contributed by atoms with Crippen LogP contribution in [0.3, 0.4) is 0 Å². The lowest BCUT2D eigenvalue weighted by molar-refractivity contribution is -0.131. The van der Waals surface area contributed by atoms with Gasteiger partial charge in [0.2, 0.25) is 5.91 Å². The van der Waals surface area contributed by atoms with Gasteiger partial charge in [-0.25, -0.2) is 9.37 Å². The minimum Gasteiger partial charge on any atom is -0.368 e. The van der Waals surface area contributed by atoms with Gasteiger partial charge >= 0.3 is 0 Å². The van der Waals surface area contributed by atoms with E-state index in [4.69, 9.17) is 0 Å². The smallest absolute Gasteiger partial charge is 0.223 e. The first-order chi connectivity index (χ1) is 13.7. The number of rotatable bonds is 5. The standard InChI is InChI=1S/C21H21FN4OS/c22-17-1-3-18(4-2-17)25-11-13-26(14-12-25)21(27)6-5-20-24-19(15-28-20)16-7-9-23-10-8-16/h1-4,7-10,15H,5-6,11-14H2. The summed E-state index contributed by atoms with van der Waals surface area (Å²) < 4.78 is 13.1. The number of piperazine rings is 1. The molecule has 3 aromatic rings. The van der Waals surface area contributed by atoms with Crippen molar-refractivity contribution in [2.24, 2.45) is 0 Å². The van der Waals surface area contributed by atoms with Gasteiger partial charge in [0, 0.05) is 68.0 Å². The molecule has 1 aliphatic rings. The fraction of sp³-hybridized carbons (Fsp3) is 0.286. The van der Waals surface area contributed by atoms with E-state index in [1.165, 1.54) is 12.1 Å². The highest BCUT2D eigenvalue weighted by Gasteiger charge is 2.21. The number of halogens is 1. The summed E-state index contributed by atoms with van der Waals surface area (Å²) in [6.07, 6.45) is 4.64. The van der Waals surface area contributed by atoms with Crippen LogP contribution < -0.4 is 4.90 Å². The molecule has 1 fully saturated rings. The van der Waals surface area contributed by atoms with E-state index in [9.17, 15) is 9.18 Å². The maximum atomic E-state index is 13.1. The number of thiazole rings is 1. The fourth-order valence-corrected chi connectivity index (χ4v) is 4.13. The molecule has 1 amide bonds. The molecule has 144 valence electrons. The maximum absolute atomic E-state index is 13.1. The Morgan fingerprint density at radius 3 is 2.46 bits per heavy atom. The minimum atomic E-state index is -0.230. The van der Waals surface area contributed by atoms with Gasteiger partial charge in [-0.05, 0) is 36.4 Å². The molecular formula is C21H21FN4OS. The number of anilines is 1. The lowest BCUT2D eigenvalue weighted by atomic mass is 10.2. The van der Waals surface area contributed by atoms with E-state index in [1.54, 1.807) is 35.9 Å². The number of hydrogen-bond acceptors (Lipinski definition) is 5. The number of pyridine rings is 1. The lowest BCUT2D eigenvalue weighted by Gasteiger charge is -2.36. The average molecular weight is 396 g/mol. The maximum Gasteiger partial charge on any atom is 0.223 e. The highest BCUT2D eigenvalue weighted by molar-refractivity contribution is 7.09. The summed E-state index contributed by atoms with van der Waals surface area (Å²) in [5.41, 5.74) is 2.98. The predicted octanol–water partition coefficient (Wildman–Crippen LogP) is 3.63. The Morgan fingerprint density at radius 2 is 1.75 bits per heavy atom. The highest BCUT2D eigenvalue weighted by atomic mass is 32.1. The van der Waals surface area contributed by atoms with E-state index < -0.39 is 0 Å². The van der Waals surface area contributed by atoms with E-state index in [-0.39, 0.29) is 11.7 Å². The van der Waals surface area contributed by atoms with Crippen molar-refractivity contribution in [3.63, 3.8) is 0 Å². The molecule has 0 bridgehead atoms. The molecule has 7 heteroatoms. The topological polar surface area (TPSA) is 49.3 Å². The van der Waals surface area contributed by atoms with E-state index in [1.807, 2.05) is 22.4 Å². The molecule has 5 nitrogen and oxygen atoms in total. The summed E-state index contributed by atoms with van der Waals surface area (Å²) >= 11 is 1.59. The second-order valence-corrected chi connectivity index (χ2v) is 7.65. The number of aromatic nitrogens is 2. The first kappa shape index (κ1) is 18.6. The third-order valence-electron chi connectivity index (χ3n) is 4.90. The molecule has 2 aromatic heterocycles. The zero-order chi connectivity index (χ0) is 19.3. The molecule has 0 radical (unpaired) electrons. The number of aryl methyl sites for hydroxylation is 1. The van der Waals surface area contributed by atoms with Gasteiger partial charge in [-0.2, -0.15) is 0 Å². The number of carbonyl (C=O) groups excluding carboxylic acids is 1. The summed E-state index contributed by atoms with van der Waals surface area (Å²) in [6.45, 7) is 2.91. The van der Waals surface area contributed by atoms with E-state index in [0.717, 1.165) is 35.0 Å². The van der Waals surface area contributed by atoms with Crippen molar-refractivity contribution in [1.82, 2.24) is 14.9 Å². The van der Waals surface area contributed by atoms with Crippen LogP contribution in [0, 0.1) is 5.82 Å². The number of nitrogens with zero attached hydrogens (tertiary/aromatic N) is 4. The van der Waals surface area contributed by atoms with Crippen LogP contribution in [0.15, 0.2) is 54.2 Å². The van der Waals surface area contributed by atoms with Gasteiger partial charge in [0.25, 0.3) is 0 Å². The van der Waals surface area contributed by atoms with Gasteiger partial charge in [-0.3, -0.25) is 9.78 Å². The summed E-state index contributed by atoms with van der Waals surface area (Å²) in [6, 6.07) is 10.4. The highest BCUT2D eigenvalue weighted by Crippen LogP contribution is 2.22. The van der Waals surface area contributed by atoms with Gasteiger partial charge in [-0.15, -0.1) is 11.3 Å². The van der Waals surface area contributed by atoms with Crippen LogP contribution >= 0.6 is 11.3 Å². The third kappa shape index (κ3) is 4.36. The molecule has 28 heavy (non-hydrogen) atoms. The molecule has 0 N–H and O–H groups in total. The molecule has 1 aromatic carbocycles. The van der Waals surface area contributed by atoms with Gasteiger partial charge in [0.05, 0.1) is 10.7 Å². The van der Waals surface area contributed by atoms with Crippen LogP contribution in [-0.4, -0.2) is 47.0 Å². The lowest BCUT2D eigenvalue weighted by Crippen LogP contribution is -2.48. The SMILES string of the molecule is O=C(CCc1nc(-c2ccncc2)cs1)N1CCN(c2ccc(F)cc2)CC1. The average Bonchev–Trinajstić information content (AvgIpc) is 3.22. The molecule has 4 rings (SSSR count). The van der Waals surface area contributed by atoms with E-state index >= 15 is 0 Å². The zero-order valence-corrected chi connectivity index (χ0v) is 16.2. The summed E-state index contributed by atoms with van der Waals surface area (Å²) in [5, 5.41) is 3.00. The zero-order valence-electron chi connectivity index (χ0n) is 15.4. The third-order valence-corrected chi connectivity index (χ3v) is 5.81. The summed E-state index contributed by atoms with van der Waals surface area (Å²) in [5.74, 6) is -0.0637. The molecule has 3 heterocycles. The molecule has 0 spiro atoms. The molecular weight excluding hydrogens is 375 g/mol. The first-order valence-corrected chi connectivity index (χ1v) is 10.2. The molecule has 0 atom stereocenters. The van der Waals surface area contributed by atoms with E-state index in [0.29, 0.717) is 25.9 Å². The van der Waals surface area contributed by atoms with Crippen LogP contribution in [0.1, 0.15) is 11.4 Å². The van der Waals surface area contributed by atoms with Crippen molar-refractivity contribution in [3.05, 3.63) is 65.0 Å². The Hall–Kier alpha value is -2.80. The second kappa shape index (κ2) is 8.48. The summed E-state index contributed by atoms with van der Waals surface area (Å²) in [4.78, 5) is 25.3. The molecule has 0 saturated carbocycles. The van der Waals surface area contributed by atoms with Crippen molar-refractivity contribution in [3.8, 4) is 11.3 Å². The van der Waals surface area contributed by atoms with E-state index in [2.05, 4.69) is 14.9 Å². The Morgan fingerprint density at radius 1 is 1.04 bits per heavy atom. The van der Waals surface area contributed by atoms with Crippen LogP contribution in [0.5, 0.6) is 0 Å². The number of carbonyl (C=O) groups is 1. The Bertz CT molecular complexity index is 921. The van der Waals surface area contributed by atoms with Gasteiger partial charge in [0.1, 0.15) is 5.82 Å². The largest absolute Gasteiger partial charge is 0.368 e.